The van der Waals surface area contributed by atoms with Crippen LogP contribution in [0.2, 0.25) is 0 Å². The molecule has 0 aliphatic carbocycles. The number of amides is 2. The zero-order valence-corrected chi connectivity index (χ0v) is 22.0. The minimum Gasteiger partial charge on any atom is -0.359 e. The van der Waals surface area contributed by atoms with Crippen molar-refractivity contribution >= 4 is 45.0 Å². The van der Waals surface area contributed by atoms with Crippen LogP contribution in [0.1, 0.15) is 26.3 Å². The molecule has 6 nitrogen and oxygen atoms in total. The van der Waals surface area contributed by atoms with Gasteiger partial charge >= 0.3 is 0 Å². The Labute approximate surface area is 228 Å². The lowest BCUT2D eigenvalue weighted by Crippen LogP contribution is -2.46. The number of allylic oxidation sites excluding steroid dienone is 2. The molecule has 0 N–H and O–H groups in total. The molecule has 3 aromatic rings. The fourth-order valence-electron chi connectivity index (χ4n) is 5.69. The Hall–Kier alpha value is -4.10. The molecule has 0 bridgehead atoms. The molecule has 2 amide bonds. The molecule has 0 radical (unpaired) electrons. The van der Waals surface area contributed by atoms with Crippen LogP contribution in [0.5, 0.6) is 0 Å². The summed E-state index contributed by atoms with van der Waals surface area (Å²) in [5, 5.41) is 0. The van der Waals surface area contributed by atoms with Crippen molar-refractivity contribution in [2.75, 3.05) is 4.90 Å². The van der Waals surface area contributed by atoms with Gasteiger partial charge in [0.2, 0.25) is 11.8 Å². The third-order valence-corrected chi connectivity index (χ3v) is 8.06. The van der Waals surface area contributed by atoms with Gasteiger partial charge in [-0.1, -0.05) is 82.2 Å². The number of carbonyl (C=O) groups excluding carboxylic acids is 4. The minimum atomic E-state index is -0.878. The molecule has 0 aromatic heterocycles. The van der Waals surface area contributed by atoms with E-state index in [4.69, 9.17) is 0 Å². The van der Waals surface area contributed by atoms with Crippen LogP contribution < -0.4 is 4.90 Å². The van der Waals surface area contributed by atoms with Crippen LogP contribution in [-0.2, 0) is 9.59 Å². The molecule has 3 aromatic carbocycles. The van der Waals surface area contributed by atoms with Crippen LogP contribution in [-0.4, -0.2) is 40.4 Å². The van der Waals surface area contributed by atoms with E-state index in [9.17, 15) is 19.2 Å². The first-order valence-corrected chi connectivity index (χ1v) is 13.2. The van der Waals surface area contributed by atoms with Gasteiger partial charge in [-0.05, 0) is 37.3 Å². The highest BCUT2D eigenvalue weighted by Gasteiger charge is 2.63. The van der Waals surface area contributed by atoms with Gasteiger partial charge in [-0.2, -0.15) is 0 Å². The van der Waals surface area contributed by atoms with Crippen LogP contribution in [0.4, 0.5) is 5.69 Å². The number of ketones is 2. The number of nitrogens with zero attached hydrogens (tertiary/aromatic N) is 2. The van der Waals surface area contributed by atoms with E-state index in [1.165, 1.54) is 4.90 Å². The SMILES string of the molecule is Cc1ccc(N2C(=O)[C@@H]3[C@H](C2=O)[C@@H](C(=O)c2ccc(Br)cc2)N2C=CC(C(=O)c4ccccc4)=C[C@@H]32)cc1. The second-order valence-electron chi connectivity index (χ2n) is 9.79. The maximum Gasteiger partial charge on any atom is 0.240 e. The summed E-state index contributed by atoms with van der Waals surface area (Å²) in [6.07, 6.45) is 5.10. The highest BCUT2D eigenvalue weighted by Crippen LogP contribution is 2.47. The van der Waals surface area contributed by atoms with Crippen molar-refractivity contribution < 1.29 is 19.2 Å². The summed E-state index contributed by atoms with van der Waals surface area (Å²) in [7, 11) is 0. The number of rotatable bonds is 5. The Balaban J connectivity index is 1.43. The number of hydrogen-bond donors (Lipinski definition) is 0. The fourth-order valence-corrected chi connectivity index (χ4v) is 5.95. The number of Topliss-reactive ketones (excluding diaryl/α,β-unsaturated/α-hetero) is 2. The number of benzene rings is 3. The first-order valence-electron chi connectivity index (χ1n) is 12.4. The molecule has 188 valence electrons. The standard InChI is InChI=1S/C31H23BrN2O4/c1-18-7-13-23(14-8-18)34-30(37)25-24-17-21(28(35)19-5-3-2-4-6-19)15-16-33(24)27(26(25)31(34)38)29(36)20-9-11-22(32)12-10-20/h2-17,24-27H,1H3/t24-,25-,26-,27-/m0/s1. The maximum atomic E-state index is 13.9. The average molecular weight is 567 g/mol. The highest BCUT2D eigenvalue weighted by molar-refractivity contribution is 9.10. The molecule has 2 fully saturated rings. The van der Waals surface area contributed by atoms with Crippen molar-refractivity contribution in [3.8, 4) is 0 Å². The summed E-state index contributed by atoms with van der Waals surface area (Å²) in [5.41, 5.74) is 2.91. The van der Waals surface area contributed by atoms with E-state index < -0.39 is 29.8 Å². The summed E-state index contributed by atoms with van der Waals surface area (Å²) in [6.45, 7) is 1.93. The van der Waals surface area contributed by atoms with E-state index in [2.05, 4.69) is 15.9 Å². The molecule has 4 atom stereocenters. The quantitative estimate of drug-likeness (QED) is 0.316. The van der Waals surface area contributed by atoms with E-state index in [1.807, 2.05) is 25.1 Å². The third kappa shape index (κ3) is 3.85. The predicted octanol–water partition coefficient (Wildman–Crippen LogP) is 5.14. The second kappa shape index (κ2) is 9.33. The van der Waals surface area contributed by atoms with Gasteiger partial charge in [-0.3, -0.25) is 19.2 Å². The Morgan fingerprint density at radius 3 is 2.13 bits per heavy atom. The van der Waals surface area contributed by atoms with E-state index in [0.717, 1.165) is 10.0 Å². The van der Waals surface area contributed by atoms with Crippen LogP contribution in [0, 0.1) is 18.8 Å². The Kier molecular flexibility index (Phi) is 5.95. The first kappa shape index (κ1) is 24.2. The molecular formula is C31H23BrN2O4. The number of halogens is 1. The van der Waals surface area contributed by atoms with Gasteiger partial charge in [-0.15, -0.1) is 0 Å². The zero-order chi connectivity index (χ0) is 26.6. The number of hydrogen-bond acceptors (Lipinski definition) is 5. The Morgan fingerprint density at radius 1 is 0.789 bits per heavy atom. The van der Waals surface area contributed by atoms with Crippen molar-refractivity contribution in [1.82, 2.24) is 4.90 Å². The summed E-state index contributed by atoms with van der Waals surface area (Å²) in [6, 6.07) is 21.6. The van der Waals surface area contributed by atoms with Crippen molar-refractivity contribution in [3.05, 3.63) is 124 Å². The number of anilines is 1. The molecule has 3 aliphatic heterocycles. The van der Waals surface area contributed by atoms with Gasteiger partial charge in [0.1, 0.15) is 6.04 Å². The van der Waals surface area contributed by atoms with Crippen molar-refractivity contribution in [3.63, 3.8) is 0 Å². The lowest BCUT2D eigenvalue weighted by Gasteiger charge is -2.32. The van der Waals surface area contributed by atoms with Gasteiger partial charge < -0.3 is 4.90 Å². The first-order chi connectivity index (χ1) is 18.3. The summed E-state index contributed by atoms with van der Waals surface area (Å²) < 4.78 is 0.832. The number of aryl methyl sites for hydroxylation is 1. The van der Waals surface area contributed by atoms with E-state index in [0.29, 0.717) is 22.4 Å². The van der Waals surface area contributed by atoms with Gasteiger partial charge in [0.05, 0.1) is 23.6 Å². The number of fused-ring (bicyclic) bond motifs is 3. The smallest absolute Gasteiger partial charge is 0.240 e. The summed E-state index contributed by atoms with van der Waals surface area (Å²) in [4.78, 5) is 57.8. The maximum absolute atomic E-state index is 13.9. The molecule has 3 aliphatic rings. The molecule has 7 heteroatoms. The topological polar surface area (TPSA) is 74.8 Å². The van der Waals surface area contributed by atoms with Crippen LogP contribution in [0.15, 0.2) is 107 Å². The van der Waals surface area contributed by atoms with Gasteiger partial charge in [0.15, 0.2) is 11.6 Å². The largest absolute Gasteiger partial charge is 0.359 e. The zero-order valence-electron chi connectivity index (χ0n) is 20.5. The lowest BCUT2D eigenvalue weighted by atomic mass is 9.85. The minimum absolute atomic E-state index is 0.173. The van der Waals surface area contributed by atoms with Gasteiger partial charge in [-0.25, -0.2) is 4.90 Å². The van der Waals surface area contributed by atoms with Crippen LogP contribution >= 0.6 is 15.9 Å². The second-order valence-corrected chi connectivity index (χ2v) is 10.7. The Bertz CT molecular complexity index is 1530. The molecule has 0 saturated carbocycles. The highest BCUT2D eigenvalue weighted by atomic mass is 79.9. The molecule has 3 heterocycles. The van der Waals surface area contributed by atoms with Crippen molar-refractivity contribution in [1.29, 1.82) is 0 Å². The van der Waals surface area contributed by atoms with E-state index in [-0.39, 0.29) is 17.5 Å². The fraction of sp³-hybridized carbons (Fsp3) is 0.161. The molecule has 38 heavy (non-hydrogen) atoms. The van der Waals surface area contributed by atoms with Crippen molar-refractivity contribution in [2.45, 2.75) is 19.0 Å². The predicted molar refractivity (Wildman–Crippen MR) is 147 cm³/mol. The molecular weight excluding hydrogens is 544 g/mol. The lowest BCUT2D eigenvalue weighted by molar-refractivity contribution is -0.123. The van der Waals surface area contributed by atoms with Crippen LogP contribution in [0.3, 0.4) is 0 Å². The Morgan fingerprint density at radius 2 is 1.45 bits per heavy atom. The molecule has 0 spiro atoms. The molecule has 0 unspecified atom stereocenters. The number of imide groups is 1. The average Bonchev–Trinajstić information content (AvgIpc) is 3.41. The van der Waals surface area contributed by atoms with Crippen LogP contribution in [0.25, 0.3) is 0 Å². The van der Waals surface area contributed by atoms with Gasteiger partial charge in [0, 0.05) is 27.4 Å². The normalized spacial score (nSPS) is 23.8. The van der Waals surface area contributed by atoms with E-state index >= 15 is 0 Å². The molecule has 6 rings (SSSR count). The number of carbonyl (C=O) groups is 4. The summed E-state index contributed by atoms with van der Waals surface area (Å²) >= 11 is 3.40. The van der Waals surface area contributed by atoms with Crippen molar-refractivity contribution in [2.24, 2.45) is 11.8 Å². The van der Waals surface area contributed by atoms with Gasteiger partial charge in [0.25, 0.3) is 0 Å². The van der Waals surface area contributed by atoms with E-state index in [1.54, 1.807) is 83.9 Å². The third-order valence-electron chi connectivity index (χ3n) is 7.54. The molecule has 2 saturated heterocycles. The monoisotopic (exact) mass is 566 g/mol. The summed E-state index contributed by atoms with van der Waals surface area (Å²) in [5.74, 6) is -2.84.